The SMILES string of the molecule is CC1(C)CN(C(=O)c2ccc(F)cc2I)CC(CBr)O1. The third-order valence-corrected chi connectivity index (χ3v) is 4.72. The highest BCUT2D eigenvalue weighted by Crippen LogP contribution is 2.25. The smallest absolute Gasteiger partial charge is 0.255 e. The van der Waals surface area contributed by atoms with Crippen LogP contribution in [0.25, 0.3) is 0 Å². The van der Waals surface area contributed by atoms with Crippen molar-refractivity contribution in [2.75, 3.05) is 18.4 Å². The van der Waals surface area contributed by atoms with E-state index in [4.69, 9.17) is 4.74 Å². The normalized spacial score (nSPS) is 21.9. The highest BCUT2D eigenvalue weighted by atomic mass is 127. The number of alkyl halides is 1. The molecule has 6 heteroatoms. The standard InChI is InChI=1S/C14H16BrFINO2/c1-14(2)8-18(7-10(6-15)20-14)13(19)11-4-3-9(16)5-12(11)17/h3-5,10H,6-8H2,1-2H3. The van der Waals surface area contributed by atoms with Gasteiger partial charge in [0.15, 0.2) is 0 Å². The van der Waals surface area contributed by atoms with Crippen LogP contribution >= 0.6 is 38.5 Å². The molecule has 0 radical (unpaired) electrons. The van der Waals surface area contributed by atoms with Gasteiger partial charge in [0, 0.05) is 22.0 Å². The Bertz CT molecular complexity index is 524. The molecule has 20 heavy (non-hydrogen) atoms. The summed E-state index contributed by atoms with van der Waals surface area (Å²) in [6.45, 7) is 5.01. The maximum atomic E-state index is 13.1. The van der Waals surface area contributed by atoms with E-state index in [1.54, 1.807) is 11.0 Å². The third-order valence-electron chi connectivity index (χ3n) is 3.10. The van der Waals surface area contributed by atoms with E-state index in [1.165, 1.54) is 12.1 Å². The van der Waals surface area contributed by atoms with Crippen LogP contribution in [0.4, 0.5) is 4.39 Å². The molecule has 3 nitrogen and oxygen atoms in total. The number of hydrogen-bond donors (Lipinski definition) is 0. The minimum atomic E-state index is -0.377. The molecule has 0 bridgehead atoms. The number of hydrogen-bond acceptors (Lipinski definition) is 2. The third kappa shape index (κ3) is 3.71. The van der Waals surface area contributed by atoms with Gasteiger partial charge in [-0.15, -0.1) is 0 Å². The van der Waals surface area contributed by atoms with Crippen LogP contribution in [-0.4, -0.2) is 40.9 Å². The van der Waals surface area contributed by atoms with E-state index in [0.717, 1.165) is 0 Å². The number of ether oxygens (including phenoxy) is 1. The summed E-state index contributed by atoms with van der Waals surface area (Å²) >= 11 is 5.40. The van der Waals surface area contributed by atoms with Crippen molar-refractivity contribution in [2.24, 2.45) is 0 Å². The molecule has 1 amide bonds. The second-order valence-corrected chi connectivity index (χ2v) is 7.27. The fourth-order valence-corrected chi connectivity index (χ4v) is 3.41. The van der Waals surface area contributed by atoms with Gasteiger partial charge in [0.05, 0.1) is 17.3 Å². The fourth-order valence-electron chi connectivity index (χ4n) is 2.36. The molecule has 0 N–H and O–H groups in total. The molecule has 1 fully saturated rings. The largest absolute Gasteiger partial charge is 0.368 e. The molecule has 1 aromatic carbocycles. The number of nitrogens with zero attached hydrogens (tertiary/aromatic N) is 1. The van der Waals surface area contributed by atoms with E-state index in [1.807, 2.05) is 36.4 Å². The van der Waals surface area contributed by atoms with E-state index >= 15 is 0 Å². The lowest BCUT2D eigenvalue weighted by Crippen LogP contribution is -2.55. The minimum absolute atomic E-state index is 0.0270. The zero-order valence-electron chi connectivity index (χ0n) is 11.3. The summed E-state index contributed by atoms with van der Waals surface area (Å²) in [6.07, 6.45) is -0.0270. The van der Waals surface area contributed by atoms with E-state index in [9.17, 15) is 9.18 Å². The molecule has 1 aliphatic heterocycles. The van der Waals surface area contributed by atoms with Gasteiger partial charge in [0.25, 0.3) is 5.91 Å². The van der Waals surface area contributed by atoms with Crippen molar-refractivity contribution in [3.8, 4) is 0 Å². The molecule has 0 spiro atoms. The predicted octanol–water partition coefficient (Wildman–Crippen LogP) is 3.44. The van der Waals surface area contributed by atoms with Gasteiger partial charge in [-0.3, -0.25) is 4.79 Å². The molecule has 1 saturated heterocycles. The maximum absolute atomic E-state index is 13.1. The second-order valence-electron chi connectivity index (χ2n) is 5.46. The topological polar surface area (TPSA) is 29.5 Å². The van der Waals surface area contributed by atoms with Crippen LogP contribution in [-0.2, 0) is 4.74 Å². The quantitative estimate of drug-likeness (QED) is 0.505. The zero-order chi connectivity index (χ0) is 14.9. The van der Waals surface area contributed by atoms with Gasteiger partial charge in [-0.05, 0) is 54.6 Å². The molecule has 1 aromatic rings. The Morgan fingerprint density at radius 3 is 2.90 bits per heavy atom. The van der Waals surface area contributed by atoms with Crippen molar-refractivity contribution < 1.29 is 13.9 Å². The lowest BCUT2D eigenvalue weighted by atomic mass is 10.0. The Labute approximate surface area is 140 Å². The summed E-state index contributed by atoms with van der Waals surface area (Å²) in [7, 11) is 0. The van der Waals surface area contributed by atoms with E-state index in [2.05, 4.69) is 15.9 Å². The van der Waals surface area contributed by atoms with Crippen molar-refractivity contribution in [3.05, 3.63) is 33.1 Å². The molecule has 0 aliphatic carbocycles. The van der Waals surface area contributed by atoms with Gasteiger partial charge >= 0.3 is 0 Å². The van der Waals surface area contributed by atoms with E-state index in [0.29, 0.717) is 27.6 Å². The van der Waals surface area contributed by atoms with Crippen LogP contribution in [0.5, 0.6) is 0 Å². The number of carbonyl (C=O) groups is 1. The Hall–Kier alpha value is -0.210. The van der Waals surface area contributed by atoms with Crippen LogP contribution in [0, 0.1) is 9.39 Å². The predicted molar refractivity (Wildman–Crippen MR) is 87.8 cm³/mol. The van der Waals surface area contributed by atoms with Crippen LogP contribution < -0.4 is 0 Å². The highest BCUT2D eigenvalue weighted by molar-refractivity contribution is 14.1. The lowest BCUT2D eigenvalue weighted by molar-refractivity contribution is -0.116. The number of morpholine rings is 1. The van der Waals surface area contributed by atoms with Crippen molar-refractivity contribution >= 4 is 44.4 Å². The van der Waals surface area contributed by atoms with E-state index in [-0.39, 0.29) is 23.4 Å². The maximum Gasteiger partial charge on any atom is 0.255 e. The lowest BCUT2D eigenvalue weighted by Gasteiger charge is -2.42. The first kappa shape index (κ1) is 16.2. The summed E-state index contributed by atoms with van der Waals surface area (Å²) in [5, 5.41) is 0.681. The first-order chi connectivity index (χ1) is 9.32. The van der Waals surface area contributed by atoms with Gasteiger partial charge in [0.2, 0.25) is 0 Å². The van der Waals surface area contributed by atoms with Gasteiger partial charge in [-0.2, -0.15) is 0 Å². The summed E-state index contributed by atoms with van der Waals surface area (Å²) in [6, 6.07) is 4.25. The molecular formula is C14H16BrFINO2. The van der Waals surface area contributed by atoms with Gasteiger partial charge < -0.3 is 9.64 Å². The summed E-state index contributed by atoms with van der Waals surface area (Å²) in [4.78, 5) is 14.4. The first-order valence-electron chi connectivity index (χ1n) is 6.30. The highest BCUT2D eigenvalue weighted by Gasteiger charge is 2.35. The second kappa shape index (κ2) is 6.27. The Morgan fingerprint density at radius 2 is 2.30 bits per heavy atom. The number of halogens is 3. The Morgan fingerprint density at radius 1 is 1.60 bits per heavy atom. The number of benzene rings is 1. The van der Waals surface area contributed by atoms with Crippen molar-refractivity contribution in [1.82, 2.24) is 4.90 Å². The van der Waals surface area contributed by atoms with Gasteiger partial charge in [0.1, 0.15) is 5.82 Å². The average Bonchev–Trinajstić information content (AvgIpc) is 2.36. The van der Waals surface area contributed by atoms with Crippen LogP contribution in [0.3, 0.4) is 0 Å². The molecule has 1 unspecified atom stereocenters. The molecule has 2 rings (SSSR count). The molecule has 0 saturated carbocycles. The zero-order valence-corrected chi connectivity index (χ0v) is 15.1. The van der Waals surface area contributed by atoms with Crippen LogP contribution in [0.2, 0.25) is 0 Å². The fraction of sp³-hybridized carbons (Fsp3) is 0.500. The molecule has 1 aliphatic rings. The summed E-state index contributed by atoms with van der Waals surface area (Å²) < 4.78 is 19.7. The molecular weight excluding hydrogens is 440 g/mol. The average molecular weight is 456 g/mol. The van der Waals surface area contributed by atoms with Crippen molar-refractivity contribution in [2.45, 2.75) is 25.6 Å². The van der Waals surface area contributed by atoms with E-state index < -0.39 is 0 Å². The minimum Gasteiger partial charge on any atom is -0.368 e. The summed E-state index contributed by atoms with van der Waals surface area (Å²) in [5.41, 5.74) is 0.163. The number of carbonyl (C=O) groups excluding carboxylic acids is 1. The van der Waals surface area contributed by atoms with Crippen molar-refractivity contribution in [3.63, 3.8) is 0 Å². The van der Waals surface area contributed by atoms with Gasteiger partial charge in [-0.1, -0.05) is 15.9 Å². The molecule has 110 valence electrons. The van der Waals surface area contributed by atoms with Crippen LogP contribution in [0.15, 0.2) is 18.2 Å². The van der Waals surface area contributed by atoms with Gasteiger partial charge in [-0.25, -0.2) is 4.39 Å². The first-order valence-corrected chi connectivity index (χ1v) is 8.50. The number of amides is 1. The Kier molecular flexibility index (Phi) is 5.07. The van der Waals surface area contributed by atoms with Crippen LogP contribution in [0.1, 0.15) is 24.2 Å². The summed E-state index contributed by atoms with van der Waals surface area (Å²) in [5.74, 6) is -0.400. The number of rotatable bonds is 2. The molecule has 1 heterocycles. The Balaban J connectivity index is 2.23. The monoisotopic (exact) mass is 455 g/mol. The molecule has 0 aromatic heterocycles. The molecule has 1 atom stereocenters. The van der Waals surface area contributed by atoms with Crippen molar-refractivity contribution in [1.29, 1.82) is 0 Å².